The summed E-state index contributed by atoms with van der Waals surface area (Å²) < 4.78 is 5.51. The Bertz CT molecular complexity index is 93.7. The average molecular weight is 153 g/mol. The van der Waals surface area contributed by atoms with E-state index in [2.05, 4.69) is 21.0 Å². The quantitative estimate of drug-likeness (QED) is 0.553. The Labute approximate surface area is 70.8 Å². The van der Waals surface area contributed by atoms with Crippen molar-refractivity contribution in [2.24, 2.45) is 5.92 Å². The van der Waals surface area contributed by atoms with E-state index in [9.17, 15) is 0 Å². The summed E-state index contributed by atoms with van der Waals surface area (Å²) in [7, 11) is 2.33. The molecule has 1 nitrogen and oxygen atoms in total. The largest absolute Gasteiger partial charge is 0.381 e. The van der Waals surface area contributed by atoms with Crippen LogP contribution in [-0.4, -0.2) is 20.5 Å². The van der Waals surface area contributed by atoms with Gasteiger partial charge in [-0.05, 0) is 12.3 Å². The van der Waals surface area contributed by atoms with Crippen molar-refractivity contribution < 1.29 is 4.74 Å². The van der Waals surface area contributed by atoms with Gasteiger partial charge >= 0.3 is 0 Å². The Hall–Kier alpha value is 0.0249. The molecule has 0 aromatic carbocycles. The van der Waals surface area contributed by atoms with Crippen LogP contribution >= 0.6 is 0 Å². The molecule has 1 fully saturated rings. The molecule has 2 unspecified atom stereocenters. The molecule has 2 atom stereocenters. The molecule has 63 valence electrons. The summed E-state index contributed by atoms with van der Waals surface area (Å²) in [6, 6.07) is 0. The summed E-state index contributed by atoms with van der Waals surface area (Å²) in [5, 5.41) is 0. The maximum absolute atomic E-state index is 5.51. The van der Waals surface area contributed by atoms with Crippen LogP contribution in [0.4, 0.5) is 0 Å². The van der Waals surface area contributed by atoms with Crippen LogP contribution in [-0.2, 0) is 4.74 Å². The van der Waals surface area contributed by atoms with E-state index in [1.807, 2.05) is 0 Å². The lowest BCUT2D eigenvalue weighted by Gasteiger charge is -2.14. The second kappa shape index (κ2) is 4.81. The fraction of sp³-hybridized carbons (Fsp3) is 1.00. The first-order chi connectivity index (χ1) is 5.36. The fourth-order valence-electron chi connectivity index (χ4n) is 1.69. The van der Waals surface area contributed by atoms with Gasteiger partial charge in [-0.15, -0.1) is 0 Å². The number of rotatable bonds is 2. The van der Waals surface area contributed by atoms with Crippen LogP contribution < -0.4 is 0 Å². The molecule has 1 radical (unpaired) electrons. The molecule has 0 saturated carbocycles. The molecule has 0 amide bonds. The van der Waals surface area contributed by atoms with Gasteiger partial charge in [0.15, 0.2) is 0 Å². The highest BCUT2D eigenvalue weighted by Crippen LogP contribution is 2.26. The Balaban J connectivity index is 2.33. The minimum Gasteiger partial charge on any atom is -0.381 e. The van der Waals surface area contributed by atoms with Crippen LogP contribution in [0.5, 0.6) is 0 Å². The van der Waals surface area contributed by atoms with Gasteiger partial charge in [-0.3, -0.25) is 0 Å². The van der Waals surface area contributed by atoms with Crippen molar-refractivity contribution in [2.45, 2.75) is 38.8 Å². The van der Waals surface area contributed by atoms with Crippen molar-refractivity contribution in [3.05, 3.63) is 0 Å². The van der Waals surface area contributed by atoms with Crippen molar-refractivity contribution in [3.63, 3.8) is 0 Å². The van der Waals surface area contributed by atoms with Gasteiger partial charge in [0.25, 0.3) is 0 Å². The zero-order valence-corrected chi connectivity index (χ0v) is 7.68. The van der Waals surface area contributed by atoms with E-state index in [1.54, 1.807) is 0 Å². The molecule has 0 aliphatic carbocycles. The van der Waals surface area contributed by atoms with Crippen molar-refractivity contribution in [1.29, 1.82) is 0 Å². The third-order valence-electron chi connectivity index (χ3n) is 2.67. The third-order valence-corrected chi connectivity index (χ3v) is 2.67. The third kappa shape index (κ3) is 2.86. The molecule has 1 rings (SSSR count). The molecule has 0 aromatic rings. The predicted octanol–water partition coefficient (Wildman–Crippen LogP) is 2.36. The predicted molar refractivity (Wildman–Crippen MR) is 49.2 cm³/mol. The first-order valence-corrected chi connectivity index (χ1v) is 4.74. The molecule has 0 aromatic heterocycles. The number of hydrogen-bond acceptors (Lipinski definition) is 1. The van der Waals surface area contributed by atoms with Gasteiger partial charge in [-0.2, -0.15) is 0 Å². The minimum absolute atomic E-state index is 0.804. The van der Waals surface area contributed by atoms with Gasteiger partial charge < -0.3 is 4.74 Å². The molecule has 1 saturated heterocycles. The van der Waals surface area contributed by atoms with Gasteiger partial charge in [-0.25, -0.2) is 0 Å². The van der Waals surface area contributed by atoms with Crippen LogP contribution in [0.3, 0.4) is 0 Å². The molecule has 0 N–H and O–H groups in total. The molecule has 0 spiro atoms. The van der Waals surface area contributed by atoms with Crippen molar-refractivity contribution in [3.8, 4) is 0 Å². The topological polar surface area (TPSA) is 9.23 Å². The summed E-state index contributed by atoms with van der Waals surface area (Å²) in [6.45, 7) is 6.38. The Kier molecular flexibility index (Phi) is 3.99. The highest BCUT2D eigenvalue weighted by atomic mass is 16.5. The standard InChI is InChI=1S/C9H18BO/c1-3-8-6-9(10-2)4-5-11-7-8/h8-9H,3-7H2,1-2H3. The van der Waals surface area contributed by atoms with E-state index in [1.165, 1.54) is 19.3 Å². The van der Waals surface area contributed by atoms with Gasteiger partial charge in [0.1, 0.15) is 7.28 Å². The van der Waals surface area contributed by atoms with E-state index in [-0.39, 0.29) is 0 Å². The highest BCUT2D eigenvalue weighted by molar-refractivity contribution is 6.35. The second-order valence-corrected chi connectivity index (χ2v) is 3.47. The molecule has 2 heteroatoms. The summed E-state index contributed by atoms with van der Waals surface area (Å²) in [5.41, 5.74) is 0. The second-order valence-electron chi connectivity index (χ2n) is 3.47. The minimum atomic E-state index is 0.804. The van der Waals surface area contributed by atoms with Gasteiger partial charge in [0, 0.05) is 13.2 Å². The molecule has 11 heavy (non-hydrogen) atoms. The molecule has 1 aliphatic rings. The lowest BCUT2D eigenvalue weighted by atomic mass is 9.62. The van der Waals surface area contributed by atoms with Gasteiger partial charge in [0.2, 0.25) is 0 Å². The van der Waals surface area contributed by atoms with Crippen molar-refractivity contribution in [2.75, 3.05) is 13.2 Å². The van der Waals surface area contributed by atoms with E-state index < -0.39 is 0 Å². The first-order valence-electron chi connectivity index (χ1n) is 4.74. The van der Waals surface area contributed by atoms with E-state index in [4.69, 9.17) is 4.74 Å². The number of hydrogen-bond donors (Lipinski definition) is 0. The van der Waals surface area contributed by atoms with Crippen LogP contribution in [0.15, 0.2) is 0 Å². The summed E-state index contributed by atoms with van der Waals surface area (Å²) in [6.07, 6.45) is 3.84. The fourth-order valence-corrected chi connectivity index (χ4v) is 1.69. The Morgan fingerprint density at radius 3 is 3.00 bits per heavy atom. The first kappa shape index (κ1) is 9.12. The number of ether oxygens (including phenoxy) is 1. The maximum Gasteiger partial charge on any atom is 0.110 e. The zero-order chi connectivity index (χ0) is 8.10. The van der Waals surface area contributed by atoms with Gasteiger partial charge in [0.05, 0.1) is 0 Å². The van der Waals surface area contributed by atoms with E-state index in [0.29, 0.717) is 0 Å². The SMILES string of the molecule is C[B]C1CCOCC(CC)C1. The summed E-state index contributed by atoms with van der Waals surface area (Å²) in [5.74, 6) is 1.61. The van der Waals surface area contributed by atoms with Crippen LogP contribution in [0, 0.1) is 5.92 Å². The van der Waals surface area contributed by atoms with E-state index >= 15 is 0 Å². The monoisotopic (exact) mass is 153 g/mol. The van der Waals surface area contributed by atoms with Gasteiger partial charge in [-0.1, -0.05) is 32.4 Å². The molecule has 1 aliphatic heterocycles. The van der Waals surface area contributed by atoms with E-state index in [0.717, 1.165) is 24.9 Å². The normalized spacial score (nSPS) is 32.9. The van der Waals surface area contributed by atoms with Crippen LogP contribution in [0.25, 0.3) is 0 Å². The average Bonchev–Trinajstić information content (AvgIpc) is 2.28. The maximum atomic E-state index is 5.51. The van der Waals surface area contributed by atoms with Crippen LogP contribution in [0.2, 0.25) is 12.6 Å². The molecular weight excluding hydrogens is 135 g/mol. The lowest BCUT2D eigenvalue weighted by Crippen LogP contribution is -2.08. The zero-order valence-electron chi connectivity index (χ0n) is 7.68. The molecular formula is C9H18BO. The molecule has 1 heterocycles. The van der Waals surface area contributed by atoms with Crippen molar-refractivity contribution in [1.82, 2.24) is 0 Å². The Morgan fingerprint density at radius 1 is 1.55 bits per heavy atom. The van der Waals surface area contributed by atoms with Crippen molar-refractivity contribution >= 4 is 7.28 Å². The van der Waals surface area contributed by atoms with Crippen LogP contribution in [0.1, 0.15) is 26.2 Å². The lowest BCUT2D eigenvalue weighted by molar-refractivity contribution is 0.114. The molecule has 0 bridgehead atoms. The smallest absolute Gasteiger partial charge is 0.110 e. The Morgan fingerprint density at radius 2 is 2.36 bits per heavy atom. The highest BCUT2D eigenvalue weighted by Gasteiger charge is 2.17. The summed E-state index contributed by atoms with van der Waals surface area (Å²) in [4.78, 5) is 0. The summed E-state index contributed by atoms with van der Waals surface area (Å²) >= 11 is 0.